The van der Waals surface area contributed by atoms with E-state index in [1.807, 2.05) is 31.2 Å². The summed E-state index contributed by atoms with van der Waals surface area (Å²) in [7, 11) is 0. The van der Waals surface area contributed by atoms with Crippen molar-refractivity contribution in [3.63, 3.8) is 0 Å². The first-order chi connectivity index (χ1) is 16.0. The molecule has 0 amide bonds. The maximum absolute atomic E-state index is 9.10. The summed E-state index contributed by atoms with van der Waals surface area (Å²) >= 11 is 0. The molecule has 6 heteroatoms. The minimum atomic E-state index is -3.04. The van der Waals surface area contributed by atoms with E-state index in [1.165, 1.54) is 0 Å². The molecule has 0 unspecified atom stereocenters. The normalized spacial score (nSPS) is 26.2. The lowest BCUT2D eigenvalue weighted by atomic mass is 10.0. The average molecular weight is 376 g/mol. The van der Waals surface area contributed by atoms with Crippen LogP contribution in [0.25, 0.3) is 5.57 Å². The third-order valence-electron chi connectivity index (χ3n) is 3.41. The van der Waals surface area contributed by atoms with E-state index in [0.717, 1.165) is 11.1 Å². The number of aryl methyl sites for hydroxylation is 1. The number of pyridine rings is 1. The molecule has 0 saturated carbocycles. The van der Waals surface area contributed by atoms with E-state index in [2.05, 4.69) is 4.98 Å². The van der Waals surface area contributed by atoms with E-state index >= 15 is 0 Å². The first kappa shape index (κ1) is 11.7. The molecule has 0 aliphatic carbocycles. The van der Waals surface area contributed by atoms with Crippen LogP contribution in [-0.4, -0.2) is 51.6 Å². The number of rotatable bonds is 4. The van der Waals surface area contributed by atoms with Crippen LogP contribution in [0.4, 0.5) is 0 Å². The lowest BCUT2D eigenvalue weighted by molar-refractivity contribution is -0.159. The van der Waals surface area contributed by atoms with Gasteiger partial charge in [0, 0.05) is 29.3 Å². The highest BCUT2D eigenvalue weighted by molar-refractivity contribution is 6.27. The highest BCUT2D eigenvalue weighted by Crippen LogP contribution is 2.22. The van der Waals surface area contributed by atoms with Gasteiger partial charge >= 0.3 is 11.9 Å². The van der Waals surface area contributed by atoms with Crippen molar-refractivity contribution in [1.82, 2.24) is 9.88 Å². The Morgan fingerprint density at radius 3 is 2.26 bits per heavy atom. The summed E-state index contributed by atoms with van der Waals surface area (Å²) in [6.07, 6.45) is -2.89. The van der Waals surface area contributed by atoms with Crippen molar-refractivity contribution in [2.24, 2.45) is 0 Å². The van der Waals surface area contributed by atoms with E-state index in [-0.39, 0.29) is 6.54 Å². The Morgan fingerprint density at radius 2 is 1.74 bits per heavy atom. The second-order valence-electron chi connectivity index (χ2n) is 5.39. The molecular weight excluding hydrogens is 344 g/mol. The predicted octanol–water partition coefficient (Wildman–Crippen LogP) is 3.07. The van der Waals surface area contributed by atoms with E-state index in [4.69, 9.17) is 30.8 Å². The quantitative estimate of drug-likeness (QED) is 0.797. The number of hydrogen-bond donors (Lipinski definition) is 2. The van der Waals surface area contributed by atoms with Crippen molar-refractivity contribution >= 4 is 17.5 Å². The number of aromatic nitrogens is 1. The molecule has 0 atom stereocenters. The molecule has 0 radical (unpaired) electrons. The number of hydrogen-bond acceptors (Lipinski definition) is 4. The summed E-state index contributed by atoms with van der Waals surface area (Å²) in [5, 5.41) is 14.8. The van der Waals surface area contributed by atoms with Crippen LogP contribution < -0.4 is 0 Å². The van der Waals surface area contributed by atoms with Gasteiger partial charge in [-0.3, -0.25) is 9.88 Å². The van der Waals surface area contributed by atoms with Crippen LogP contribution in [0.5, 0.6) is 0 Å². The third kappa shape index (κ3) is 6.67. The largest absolute Gasteiger partial charge is 0.473 e. The highest BCUT2D eigenvalue weighted by atomic mass is 16.4. The lowest BCUT2D eigenvalue weighted by Crippen LogP contribution is -2.19. The smallest absolute Gasteiger partial charge is 0.414 e. The molecule has 6 nitrogen and oxygen atoms in total. The Hall–Kier alpha value is -2.99. The standard InChI is InChI=1S/C19H22N2.C2H2O4/c1-16-7-9-17(10-8-16)18(19-6-2-3-12-20-19)11-15-21-13-4-5-14-21;3-1(4)2(5)6/h2-3,6-12H,4-5,13-15H2,1H3;(H,3,4)(H,5,6)/b18-11+;/i4D2,5D2,13D2,14D2;. The Kier molecular flexibility index (Phi) is 4.42. The maximum Gasteiger partial charge on any atom is 0.414 e. The summed E-state index contributed by atoms with van der Waals surface area (Å²) in [6.45, 7) is -4.08. The first-order valence-corrected chi connectivity index (χ1v) is 7.91. The van der Waals surface area contributed by atoms with Gasteiger partial charge in [0.25, 0.3) is 0 Å². The zero-order chi connectivity index (χ0) is 26.8. The number of nitrogens with zero attached hydrogens (tertiary/aromatic N) is 2. The number of carbonyl (C=O) groups is 2. The molecule has 0 bridgehead atoms. The molecular formula is C21H24N2O4. The Labute approximate surface area is 170 Å². The molecule has 1 fully saturated rings. The molecule has 1 aromatic carbocycles. The van der Waals surface area contributed by atoms with E-state index in [0.29, 0.717) is 16.2 Å². The van der Waals surface area contributed by atoms with Crippen molar-refractivity contribution in [3.05, 3.63) is 71.6 Å². The summed E-state index contributed by atoms with van der Waals surface area (Å²) in [5.41, 5.74) is 3.08. The van der Waals surface area contributed by atoms with Crippen LogP contribution in [0.15, 0.2) is 54.7 Å². The zero-order valence-electron chi connectivity index (χ0n) is 22.5. The number of aliphatic carboxylic acids is 2. The zero-order valence-corrected chi connectivity index (χ0v) is 14.5. The maximum atomic E-state index is 9.10. The Balaban J connectivity index is 0.000000641. The fourth-order valence-corrected chi connectivity index (χ4v) is 2.12. The molecule has 3 rings (SSSR count). The van der Waals surface area contributed by atoms with Crippen LogP contribution in [0.1, 0.15) is 40.5 Å². The molecule has 1 saturated heterocycles. The summed E-state index contributed by atoms with van der Waals surface area (Å²) < 4.78 is 64.2. The van der Waals surface area contributed by atoms with Crippen LogP contribution >= 0.6 is 0 Å². The number of benzene rings is 1. The summed E-state index contributed by atoms with van der Waals surface area (Å²) in [5.74, 6) is -3.65. The fraction of sp³-hybridized carbons (Fsp3) is 0.286. The van der Waals surface area contributed by atoms with Gasteiger partial charge in [0.1, 0.15) is 0 Å². The molecule has 1 aliphatic heterocycles. The van der Waals surface area contributed by atoms with Gasteiger partial charge in [-0.2, -0.15) is 0 Å². The minimum absolute atomic E-state index is 0.335. The summed E-state index contributed by atoms with van der Waals surface area (Å²) in [4.78, 5) is 23.1. The molecule has 142 valence electrons. The average Bonchev–Trinajstić information content (AvgIpc) is 2.84. The first-order valence-electron chi connectivity index (χ1n) is 11.9. The van der Waals surface area contributed by atoms with E-state index in [1.54, 1.807) is 30.5 Å². The van der Waals surface area contributed by atoms with Gasteiger partial charge < -0.3 is 10.2 Å². The number of likely N-dealkylation sites (tertiary alicyclic amines) is 1. The van der Waals surface area contributed by atoms with Crippen molar-refractivity contribution < 1.29 is 30.8 Å². The van der Waals surface area contributed by atoms with Gasteiger partial charge in [0.05, 0.1) is 5.69 Å². The predicted molar refractivity (Wildman–Crippen MR) is 103 cm³/mol. The van der Waals surface area contributed by atoms with Gasteiger partial charge in [-0.25, -0.2) is 9.59 Å². The highest BCUT2D eigenvalue weighted by Gasteiger charge is 2.11. The van der Waals surface area contributed by atoms with Gasteiger partial charge in [-0.15, -0.1) is 0 Å². The van der Waals surface area contributed by atoms with Gasteiger partial charge in [-0.1, -0.05) is 42.0 Å². The molecule has 2 N–H and O–H groups in total. The monoisotopic (exact) mass is 376 g/mol. The fourth-order valence-electron chi connectivity index (χ4n) is 2.12. The Morgan fingerprint density at radius 1 is 1.11 bits per heavy atom. The summed E-state index contributed by atoms with van der Waals surface area (Å²) in [6, 6.07) is 12.9. The van der Waals surface area contributed by atoms with Crippen LogP contribution in [0, 0.1) is 6.92 Å². The molecule has 2 aromatic rings. The molecule has 1 aliphatic rings. The SMILES string of the molecule is O=C(O)C(=O)O.[2H]C1([2H])N(C/C=C(\c2ccc(C)cc2)c2ccccn2)C([2H])([2H])C([2H])([2H])C1([2H])[2H]. The van der Waals surface area contributed by atoms with Gasteiger partial charge in [0.2, 0.25) is 0 Å². The van der Waals surface area contributed by atoms with Crippen molar-refractivity contribution in [3.8, 4) is 0 Å². The van der Waals surface area contributed by atoms with Crippen LogP contribution in [-0.2, 0) is 9.59 Å². The second-order valence-corrected chi connectivity index (χ2v) is 5.39. The van der Waals surface area contributed by atoms with Crippen LogP contribution in [0.2, 0.25) is 0 Å². The van der Waals surface area contributed by atoms with E-state index < -0.39 is 37.7 Å². The molecule has 1 aromatic heterocycles. The molecule has 0 spiro atoms. The third-order valence-corrected chi connectivity index (χ3v) is 3.41. The molecule has 2 heterocycles. The lowest BCUT2D eigenvalue weighted by Gasteiger charge is -2.14. The van der Waals surface area contributed by atoms with Crippen molar-refractivity contribution in [2.75, 3.05) is 19.5 Å². The second kappa shape index (κ2) is 10.2. The van der Waals surface area contributed by atoms with Gasteiger partial charge in [0.15, 0.2) is 0 Å². The topological polar surface area (TPSA) is 90.7 Å². The van der Waals surface area contributed by atoms with Gasteiger partial charge in [-0.05, 0) is 50.4 Å². The van der Waals surface area contributed by atoms with Crippen LogP contribution in [0.3, 0.4) is 0 Å². The van der Waals surface area contributed by atoms with Crippen molar-refractivity contribution in [2.45, 2.75) is 19.7 Å². The Bertz CT molecular complexity index is 1070. The van der Waals surface area contributed by atoms with Crippen molar-refractivity contribution in [1.29, 1.82) is 0 Å². The minimum Gasteiger partial charge on any atom is -0.473 e. The molecule has 27 heavy (non-hydrogen) atoms. The number of carboxylic acids is 2. The van der Waals surface area contributed by atoms with E-state index in [9.17, 15) is 0 Å². The number of carboxylic acid groups (broad SMARTS) is 2.